The molecule has 0 aliphatic rings. The lowest BCUT2D eigenvalue weighted by atomic mass is 9.90. The second kappa shape index (κ2) is 29.5. The molecule has 21 nitrogen and oxygen atoms in total. The lowest BCUT2D eigenvalue weighted by molar-refractivity contribution is -0.127. The highest BCUT2D eigenvalue weighted by atomic mass is 16.5. The molecule has 18 N–H and O–H groups in total. The van der Waals surface area contributed by atoms with Crippen molar-refractivity contribution in [2.45, 2.75) is 0 Å². The number of ether oxygens (including phenoxy) is 3. The Kier molecular flexibility index (Phi) is 31.5. The van der Waals surface area contributed by atoms with Gasteiger partial charge in [-0.1, -0.05) is 0 Å². The van der Waals surface area contributed by atoms with Gasteiger partial charge in [0, 0.05) is 0 Å². The Bertz CT molecular complexity index is 668. The van der Waals surface area contributed by atoms with Crippen molar-refractivity contribution >= 4 is 0 Å². The first kappa shape index (κ1) is 54.5. The van der Waals surface area contributed by atoms with Crippen LogP contribution < -0.4 is 0 Å². The van der Waals surface area contributed by atoms with Crippen LogP contribution in [0.15, 0.2) is 0 Å². The van der Waals surface area contributed by atoms with Gasteiger partial charge in [-0.3, -0.25) is 0 Å². The summed E-state index contributed by atoms with van der Waals surface area (Å²) in [5, 5.41) is 163. The van der Waals surface area contributed by atoms with E-state index >= 15 is 0 Å². The molecule has 0 fully saturated rings. The lowest BCUT2D eigenvalue weighted by Crippen LogP contribution is -2.45. The van der Waals surface area contributed by atoms with Crippen molar-refractivity contribution < 1.29 is 106 Å². The fourth-order valence-corrected chi connectivity index (χ4v) is 3.17. The van der Waals surface area contributed by atoms with Crippen LogP contribution >= 0.6 is 0 Å². The summed E-state index contributed by atoms with van der Waals surface area (Å²) in [5.41, 5.74) is -7.12. The van der Waals surface area contributed by atoms with E-state index in [1.165, 1.54) is 0 Å². The maximum atomic E-state index is 9.56. The molecule has 0 aromatic heterocycles. The molecule has 0 aromatic carbocycles. The predicted molar refractivity (Wildman–Crippen MR) is 175 cm³/mol. The minimum Gasteiger partial charge on any atom is -0.396 e. The average Bonchev–Trinajstić information content (AvgIpc) is 3.20. The summed E-state index contributed by atoms with van der Waals surface area (Å²) in [5.74, 6) is 0. The van der Waals surface area contributed by atoms with E-state index in [2.05, 4.69) is 0 Å². The smallest absolute Gasteiger partial charge is 0.0632 e. The van der Waals surface area contributed by atoms with Crippen LogP contribution in [0.2, 0.25) is 0 Å². The molecule has 0 saturated heterocycles. The van der Waals surface area contributed by atoms with Crippen molar-refractivity contribution in [2.24, 2.45) is 32.5 Å². The average molecular weight is 763 g/mol. The number of aliphatic hydroxyl groups is 18. The molecule has 21 heteroatoms. The molecule has 0 aliphatic heterocycles. The van der Waals surface area contributed by atoms with Gasteiger partial charge in [0.05, 0.1) is 191 Å². The van der Waals surface area contributed by atoms with Crippen LogP contribution in [-0.4, -0.2) is 250 Å². The SMILES string of the molecule is OCC(CO)(CO)CO.OCC(CO)(CO)COCC(CO)(CO)CO.OCC(CO)(CO)COCC(CO)(CO)COCC(CO)(CO)CO. The van der Waals surface area contributed by atoms with Crippen LogP contribution in [0.25, 0.3) is 0 Å². The van der Waals surface area contributed by atoms with E-state index in [9.17, 15) is 40.9 Å². The van der Waals surface area contributed by atoms with E-state index in [-0.39, 0.29) is 39.6 Å². The van der Waals surface area contributed by atoms with Gasteiger partial charge in [-0.05, 0) is 0 Å². The van der Waals surface area contributed by atoms with E-state index < -0.39 is 151 Å². The van der Waals surface area contributed by atoms with Crippen molar-refractivity contribution in [3.05, 3.63) is 0 Å². The Labute approximate surface area is 297 Å². The minimum atomic E-state index is -1.24. The zero-order valence-corrected chi connectivity index (χ0v) is 29.2. The minimum absolute atomic E-state index is 0.141. The van der Waals surface area contributed by atoms with Crippen molar-refractivity contribution in [1.82, 2.24) is 0 Å². The van der Waals surface area contributed by atoms with Crippen molar-refractivity contribution in [2.75, 3.05) is 159 Å². The number of rotatable bonds is 30. The van der Waals surface area contributed by atoms with Gasteiger partial charge in [0.15, 0.2) is 0 Å². The van der Waals surface area contributed by atoms with E-state index in [1.807, 2.05) is 0 Å². The number of aliphatic hydroxyl groups excluding tert-OH is 18. The molecule has 0 atom stereocenters. The van der Waals surface area contributed by atoms with Crippen LogP contribution in [0, 0.1) is 32.5 Å². The Morgan fingerprint density at radius 3 is 0.392 bits per heavy atom. The lowest BCUT2D eigenvalue weighted by Gasteiger charge is -2.34. The first-order chi connectivity index (χ1) is 24.2. The summed E-state index contributed by atoms with van der Waals surface area (Å²) in [6.45, 7) is -9.45. The van der Waals surface area contributed by atoms with Gasteiger partial charge in [-0.15, -0.1) is 0 Å². The van der Waals surface area contributed by atoms with E-state index in [1.54, 1.807) is 0 Å². The molecule has 312 valence electrons. The molecule has 0 saturated carbocycles. The Morgan fingerprint density at radius 1 is 0.176 bits per heavy atom. The summed E-state index contributed by atoms with van der Waals surface area (Å²) in [7, 11) is 0. The number of hydrogen-bond donors (Lipinski definition) is 18. The first-order valence-electron chi connectivity index (χ1n) is 15.9. The Morgan fingerprint density at radius 2 is 0.294 bits per heavy atom. The molecular formula is C30H66O21. The Balaban J connectivity index is -0.000000760. The molecule has 51 heavy (non-hydrogen) atoms. The fourth-order valence-electron chi connectivity index (χ4n) is 3.17. The van der Waals surface area contributed by atoms with Gasteiger partial charge in [0.25, 0.3) is 0 Å². The van der Waals surface area contributed by atoms with E-state index in [0.29, 0.717) is 0 Å². The first-order valence-corrected chi connectivity index (χ1v) is 15.9. The fraction of sp³-hybridized carbons (Fsp3) is 1.00. The molecule has 0 aliphatic carbocycles. The summed E-state index contributed by atoms with van der Waals surface area (Å²) in [4.78, 5) is 0. The zero-order valence-electron chi connectivity index (χ0n) is 29.2. The summed E-state index contributed by atoms with van der Waals surface area (Å²) in [6, 6.07) is 0. The van der Waals surface area contributed by atoms with Gasteiger partial charge in [0.1, 0.15) is 0 Å². The third kappa shape index (κ3) is 18.4. The predicted octanol–water partition coefficient (Wildman–Crippen LogP) is -9.21. The van der Waals surface area contributed by atoms with Crippen molar-refractivity contribution in [1.29, 1.82) is 0 Å². The third-order valence-electron chi connectivity index (χ3n) is 8.49. The van der Waals surface area contributed by atoms with Gasteiger partial charge in [0.2, 0.25) is 0 Å². The molecule has 0 aromatic rings. The number of hydrogen-bond acceptors (Lipinski definition) is 21. The second-order valence-corrected chi connectivity index (χ2v) is 13.3. The Hall–Kier alpha value is -0.840. The van der Waals surface area contributed by atoms with Gasteiger partial charge in [-0.25, -0.2) is 0 Å². The molecule has 0 bridgehead atoms. The molecule has 0 spiro atoms. The topological polar surface area (TPSA) is 392 Å². The van der Waals surface area contributed by atoms with Crippen molar-refractivity contribution in [3.63, 3.8) is 0 Å². The van der Waals surface area contributed by atoms with Crippen LogP contribution in [0.1, 0.15) is 0 Å². The molecule has 0 unspecified atom stereocenters. The van der Waals surface area contributed by atoms with Gasteiger partial charge >= 0.3 is 0 Å². The molecule has 0 amide bonds. The monoisotopic (exact) mass is 762 g/mol. The molecule has 0 heterocycles. The maximum absolute atomic E-state index is 9.56. The maximum Gasteiger partial charge on any atom is 0.0632 e. The largest absolute Gasteiger partial charge is 0.396 e. The highest BCUT2D eigenvalue weighted by Crippen LogP contribution is 2.23. The van der Waals surface area contributed by atoms with Crippen LogP contribution in [0.4, 0.5) is 0 Å². The van der Waals surface area contributed by atoms with Crippen LogP contribution in [0.3, 0.4) is 0 Å². The highest BCUT2D eigenvalue weighted by molar-refractivity contribution is 4.83. The summed E-state index contributed by atoms with van der Waals surface area (Å²) in [6.07, 6.45) is 0. The van der Waals surface area contributed by atoms with Crippen molar-refractivity contribution in [3.8, 4) is 0 Å². The molecular weight excluding hydrogens is 696 g/mol. The van der Waals surface area contributed by atoms with E-state index in [4.69, 9.17) is 65.3 Å². The van der Waals surface area contributed by atoms with Crippen LogP contribution in [-0.2, 0) is 14.2 Å². The van der Waals surface area contributed by atoms with E-state index in [0.717, 1.165) is 0 Å². The second-order valence-electron chi connectivity index (χ2n) is 13.3. The molecule has 0 rings (SSSR count). The normalized spacial score (nSPS) is 13.1. The quantitative estimate of drug-likeness (QED) is 0.0323. The van der Waals surface area contributed by atoms with Gasteiger partial charge in [-0.2, -0.15) is 0 Å². The highest BCUT2D eigenvalue weighted by Gasteiger charge is 2.36. The zero-order chi connectivity index (χ0) is 40.1. The summed E-state index contributed by atoms with van der Waals surface area (Å²) < 4.78 is 15.9. The van der Waals surface area contributed by atoms with Gasteiger partial charge < -0.3 is 106 Å². The van der Waals surface area contributed by atoms with Crippen LogP contribution in [0.5, 0.6) is 0 Å². The molecule has 0 radical (unpaired) electrons. The third-order valence-corrected chi connectivity index (χ3v) is 8.49. The standard InChI is InChI=1S/C15H32O10.C10H22O7.C5H12O4/c16-1-13(2-17,3-18)9-24-11-15(7-22,8-23)12-25-10-14(4-19,5-20)6-21;11-1-9(2-12,3-13)7-17-8-10(4-14,5-15)6-16;6-1-5(2-7,3-8)4-9/h16-23H,1-12H2;11-16H,1-8H2;6-9H,1-4H2. The summed E-state index contributed by atoms with van der Waals surface area (Å²) >= 11 is 0.